The Kier molecular flexibility index (Phi) is 6.82. The monoisotopic (exact) mass is 510 g/mol. The van der Waals surface area contributed by atoms with Crippen LogP contribution in [0.15, 0.2) is 65.7 Å². The van der Waals surface area contributed by atoms with E-state index in [9.17, 15) is 23.2 Å². The van der Waals surface area contributed by atoms with Gasteiger partial charge in [-0.15, -0.1) is 0 Å². The molecule has 2 heterocycles. The second-order valence-corrected chi connectivity index (χ2v) is 8.44. The molecule has 0 radical (unpaired) electrons. The predicted octanol–water partition coefficient (Wildman–Crippen LogP) is 6.31. The van der Waals surface area contributed by atoms with Crippen LogP contribution in [0.2, 0.25) is 5.15 Å². The van der Waals surface area contributed by atoms with Crippen LogP contribution in [0.3, 0.4) is 0 Å². The van der Waals surface area contributed by atoms with Crippen LogP contribution < -0.4 is 10.3 Å². The van der Waals surface area contributed by atoms with Gasteiger partial charge in [-0.05, 0) is 60.9 Å². The summed E-state index contributed by atoms with van der Waals surface area (Å²) in [5, 5.41) is 9.54. The molecule has 0 aliphatic carbocycles. The van der Waals surface area contributed by atoms with Gasteiger partial charge in [-0.1, -0.05) is 35.4 Å². The average molecular weight is 511 g/mol. The summed E-state index contributed by atoms with van der Waals surface area (Å²) in [7, 11) is 0. The summed E-state index contributed by atoms with van der Waals surface area (Å²) in [6.45, 7) is 3.76. The van der Waals surface area contributed by atoms with Gasteiger partial charge in [-0.3, -0.25) is 9.78 Å². The summed E-state index contributed by atoms with van der Waals surface area (Å²) in [4.78, 5) is 21.0. The number of nitriles is 1. The molecule has 0 atom stereocenters. The lowest BCUT2D eigenvalue weighted by atomic mass is 10.0. The van der Waals surface area contributed by atoms with Crippen molar-refractivity contribution in [3.63, 3.8) is 0 Å². The van der Waals surface area contributed by atoms with Crippen molar-refractivity contribution in [1.82, 2.24) is 14.5 Å². The zero-order chi connectivity index (χ0) is 26.0. The van der Waals surface area contributed by atoms with Crippen molar-refractivity contribution >= 4 is 11.6 Å². The van der Waals surface area contributed by atoms with Gasteiger partial charge in [0.05, 0.1) is 30.2 Å². The molecule has 0 fully saturated rings. The summed E-state index contributed by atoms with van der Waals surface area (Å²) < 4.78 is 48.1. The number of hydrogen-bond acceptors (Lipinski definition) is 5. The third-order valence-electron chi connectivity index (χ3n) is 5.50. The Morgan fingerprint density at radius 2 is 1.81 bits per heavy atom. The molecule has 2 aromatic carbocycles. The van der Waals surface area contributed by atoms with Crippen LogP contribution >= 0.6 is 11.6 Å². The minimum Gasteiger partial charge on any atom is -0.437 e. The molecule has 4 aromatic rings. The molecule has 182 valence electrons. The van der Waals surface area contributed by atoms with Crippen LogP contribution in [0, 0.1) is 25.2 Å². The maximum absolute atomic E-state index is 13.8. The Labute approximate surface area is 209 Å². The first-order chi connectivity index (χ1) is 17.1. The third kappa shape index (κ3) is 5.24. The summed E-state index contributed by atoms with van der Waals surface area (Å²) in [6, 6.07) is 13.9. The van der Waals surface area contributed by atoms with E-state index in [4.69, 9.17) is 16.3 Å². The molecule has 0 N–H and O–H groups in total. The maximum atomic E-state index is 13.8. The molecule has 0 amide bonds. The summed E-state index contributed by atoms with van der Waals surface area (Å²) in [6.07, 6.45) is -2.18. The highest BCUT2D eigenvalue weighted by molar-refractivity contribution is 6.29. The molecule has 6 nitrogen and oxygen atoms in total. The zero-order valence-corrected chi connectivity index (χ0v) is 19.9. The maximum Gasteiger partial charge on any atom is 0.417 e. The highest BCUT2D eigenvalue weighted by Gasteiger charge is 2.36. The quantitative estimate of drug-likeness (QED) is 0.314. The summed E-state index contributed by atoms with van der Waals surface area (Å²) in [5.41, 5.74) is -0.279. The zero-order valence-electron chi connectivity index (χ0n) is 19.1. The molecule has 10 heteroatoms. The van der Waals surface area contributed by atoms with Crippen LogP contribution in [0.1, 0.15) is 27.8 Å². The Morgan fingerprint density at radius 3 is 2.42 bits per heavy atom. The van der Waals surface area contributed by atoms with E-state index >= 15 is 0 Å². The van der Waals surface area contributed by atoms with Crippen LogP contribution in [0.4, 0.5) is 13.2 Å². The first-order valence-electron chi connectivity index (χ1n) is 10.6. The van der Waals surface area contributed by atoms with E-state index in [1.807, 2.05) is 32.0 Å². The van der Waals surface area contributed by atoms with Gasteiger partial charge in [0, 0.05) is 0 Å². The van der Waals surface area contributed by atoms with E-state index in [0.29, 0.717) is 11.3 Å². The lowest BCUT2D eigenvalue weighted by molar-refractivity contribution is -0.137. The van der Waals surface area contributed by atoms with Crippen LogP contribution in [-0.4, -0.2) is 14.5 Å². The Hall–Kier alpha value is -4.16. The molecule has 0 aliphatic heterocycles. The SMILES string of the molecule is Cc1ccc(Cn2c(-c3ccc(Oc4cncc(Cl)n4)cc3)cc(C(F)(F)F)c(C#N)c2=O)c(C)c1. The van der Waals surface area contributed by atoms with Crippen molar-refractivity contribution in [2.45, 2.75) is 26.6 Å². The number of nitrogens with zero attached hydrogens (tertiary/aromatic N) is 4. The van der Waals surface area contributed by atoms with E-state index in [0.717, 1.165) is 22.8 Å². The fourth-order valence-electron chi connectivity index (χ4n) is 3.76. The largest absolute Gasteiger partial charge is 0.437 e. The van der Waals surface area contributed by atoms with Crippen molar-refractivity contribution in [2.75, 3.05) is 0 Å². The van der Waals surface area contributed by atoms with Crippen molar-refractivity contribution in [2.24, 2.45) is 0 Å². The van der Waals surface area contributed by atoms with E-state index in [1.165, 1.54) is 47.3 Å². The number of alkyl halides is 3. The van der Waals surface area contributed by atoms with Gasteiger partial charge < -0.3 is 9.30 Å². The molecule has 4 rings (SSSR count). The standard InChI is InChI=1S/C26H18ClF3N4O2/c1-15-3-4-18(16(2)9-15)14-34-22(10-21(26(28,29)30)20(11-31)25(34)35)17-5-7-19(8-6-17)36-24-13-32-12-23(27)33-24/h3-10,12-13H,14H2,1-2H3. The van der Waals surface area contributed by atoms with Gasteiger partial charge >= 0.3 is 6.18 Å². The molecular weight excluding hydrogens is 493 g/mol. The highest BCUT2D eigenvalue weighted by atomic mass is 35.5. The number of ether oxygens (including phenoxy) is 1. The van der Waals surface area contributed by atoms with Gasteiger partial charge in [0.25, 0.3) is 5.56 Å². The van der Waals surface area contributed by atoms with Crippen molar-refractivity contribution in [3.05, 3.63) is 104 Å². The fraction of sp³-hybridized carbons (Fsp3) is 0.154. The number of aryl methyl sites for hydroxylation is 2. The summed E-state index contributed by atoms with van der Waals surface area (Å²) in [5.74, 6) is 0.475. The normalized spacial score (nSPS) is 11.2. The number of pyridine rings is 1. The van der Waals surface area contributed by atoms with Gasteiger partial charge in [0.1, 0.15) is 17.4 Å². The minimum atomic E-state index is -4.88. The van der Waals surface area contributed by atoms with Crippen LogP contribution in [0.25, 0.3) is 11.3 Å². The Balaban J connectivity index is 1.83. The lowest BCUT2D eigenvalue weighted by Gasteiger charge is -2.19. The number of hydrogen-bond donors (Lipinski definition) is 0. The molecule has 0 unspecified atom stereocenters. The highest BCUT2D eigenvalue weighted by Crippen LogP contribution is 2.34. The van der Waals surface area contributed by atoms with Crippen LogP contribution in [-0.2, 0) is 12.7 Å². The molecule has 2 aromatic heterocycles. The number of rotatable bonds is 5. The van der Waals surface area contributed by atoms with Crippen LogP contribution in [0.5, 0.6) is 11.6 Å². The van der Waals surface area contributed by atoms with Gasteiger partial charge in [0.2, 0.25) is 5.88 Å². The van der Waals surface area contributed by atoms with E-state index < -0.39 is 22.9 Å². The van der Waals surface area contributed by atoms with Crippen molar-refractivity contribution in [1.29, 1.82) is 5.26 Å². The minimum absolute atomic E-state index is 0.0105. The predicted molar refractivity (Wildman–Crippen MR) is 128 cm³/mol. The molecule has 0 bridgehead atoms. The Morgan fingerprint density at radius 1 is 1.08 bits per heavy atom. The lowest BCUT2D eigenvalue weighted by Crippen LogP contribution is -2.29. The molecular formula is C26H18ClF3N4O2. The van der Waals surface area contributed by atoms with E-state index in [1.54, 1.807) is 0 Å². The molecule has 0 aliphatic rings. The average Bonchev–Trinajstić information content (AvgIpc) is 2.81. The number of halogens is 4. The topological polar surface area (TPSA) is 80.8 Å². The van der Waals surface area contributed by atoms with E-state index in [-0.39, 0.29) is 23.3 Å². The summed E-state index contributed by atoms with van der Waals surface area (Å²) >= 11 is 5.81. The van der Waals surface area contributed by atoms with Gasteiger partial charge in [0.15, 0.2) is 5.15 Å². The second kappa shape index (κ2) is 9.84. The Bertz CT molecular complexity index is 1540. The van der Waals surface area contributed by atoms with Gasteiger partial charge in [-0.2, -0.15) is 23.4 Å². The first-order valence-corrected chi connectivity index (χ1v) is 11.0. The fourth-order valence-corrected chi connectivity index (χ4v) is 3.90. The molecule has 0 spiro atoms. The van der Waals surface area contributed by atoms with Crippen molar-refractivity contribution < 1.29 is 17.9 Å². The van der Waals surface area contributed by atoms with Gasteiger partial charge in [-0.25, -0.2) is 0 Å². The number of aromatic nitrogens is 3. The second-order valence-electron chi connectivity index (χ2n) is 8.06. The van der Waals surface area contributed by atoms with Crippen molar-refractivity contribution in [3.8, 4) is 29.0 Å². The molecule has 0 saturated heterocycles. The smallest absolute Gasteiger partial charge is 0.417 e. The molecule has 0 saturated carbocycles. The molecule has 36 heavy (non-hydrogen) atoms. The number of benzene rings is 2. The van der Waals surface area contributed by atoms with E-state index in [2.05, 4.69) is 9.97 Å². The first kappa shape index (κ1) is 24.9. The third-order valence-corrected chi connectivity index (χ3v) is 5.68.